The van der Waals surface area contributed by atoms with Crippen molar-refractivity contribution in [2.45, 2.75) is 11.4 Å². The van der Waals surface area contributed by atoms with Gasteiger partial charge in [-0.25, -0.2) is 13.4 Å². The van der Waals surface area contributed by atoms with Crippen LogP contribution in [0.1, 0.15) is 5.56 Å². The molecule has 0 bridgehead atoms. The number of benzene rings is 1. The van der Waals surface area contributed by atoms with Crippen LogP contribution in [0.5, 0.6) is 11.5 Å². The van der Waals surface area contributed by atoms with Gasteiger partial charge in [-0.1, -0.05) is 0 Å². The molecule has 9 heteroatoms. The van der Waals surface area contributed by atoms with Crippen molar-refractivity contribution in [2.75, 3.05) is 16.8 Å². The first-order valence-electron chi connectivity index (χ1n) is 8.11. The Morgan fingerprint density at radius 2 is 1.81 bits per heavy atom. The van der Waals surface area contributed by atoms with Gasteiger partial charge in [0.05, 0.1) is 16.8 Å². The van der Waals surface area contributed by atoms with Crippen LogP contribution in [0.15, 0.2) is 66.0 Å². The van der Waals surface area contributed by atoms with E-state index in [1.165, 1.54) is 18.3 Å². The summed E-state index contributed by atoms with van der Waals surface area (Å²) in [6, 6.07) is 11.6. The third-order valence-corrected chi connectivity index (χ3v) is 5.27. The highest BCUT2D eigenvalue weighted by Gasteiger charge is 2.20. The van der Waals surface area contributed by atoms with Gasteiger partial charge in [0.1, 0.15) is 5.82 Å². The molecule has 27 heavy (non-hydrogen) atoms. The van der Waals surface area contributed by atoms with Crippen LogP contribution in [-0.2, 0) is 16.6 Å². The number of rotatable bonds is 6. The van der Waals surface area contributed by atoms with E-state index in [1.807, 2.05) is 12.1 Å². The predicted molar refractivity (Wildman–Crippen MR) is 99.2 cm³/mol. The van der Waals surface area contributed by atoms with Gasteiger partial charge in [0.15, 0.2) is 11.5 Å². The van der Waals surface area contributed by atoms with E-state index >= 15 is 0 Å². The van der Waals surface area contributed by atoms with Crippen molar-refractivity contribution < 1.29 is 17.9 Å². The summed E-state index contributed by atoms with van der Waals surface area (Å²) in [6.07, 6.45) is 4.90. The second-order valence-electron chi connectivity index (χ2n) is 5.76. The molecule has 0 aliphatic carbocycles. The molecule has 8 nitrogen and oxygen atoms in total. The quantitative estimate of drug-likeness (QED) is 0.673. The van der Waals surface area contributed by atoms with Gasteiger partial charge in [0.2, 0.25) is 6.79 Å². The Kier molecular flexibility index (Phi) is 4.51. The van der Waals surface area contributed by atoms with Crippen molar-refractivity contribution in [1.82, 2.24) is 9.97 Å². The van der Waals surface area contributed by atoms with Gasteiger partial charge in [-0.2, -0.15) is 0 Å². The standard InChI is InChI=1S/C18H16N4O4S/c23-27(24,15-2-3-16-17(9-15)26-12-25-16)22-14-1-4-18(21-11-14)20-10-13-5-7-19-8-6-13/h1-9,11,22H,10,12H2,(H,20,21). The van der Waals surface area contributed by atoms with Gasteiger partial charge in [-0.3, -0.25) is 9.71 Å². The van der Waals surface area contributed by atoms with Crippen LogP contribution in [0.3, 0.4) is 0 Å². The fourth-order valence-electron chi connectivity index (χ4n) is 2.51. The number of pyridine rings is 2. The molecule has 138 valence electrons. The molecule has 1 aliphatic heterocycles. The lowest BCUT2D eigenvalue weighted by Crippen LogP contribution is -2.13. The molecule has 0 spiro atoms. The molecule has 0 saturated heterocycles. The summed E-state index contributed by atoms with van der Waals surface area (Å²) in [4.78, 5) is 8.29. The highest BCUT2D eigenvalue weighted by molar-refractivity contribution is 7.92. The first kappa shape index (κ1) is 17.1. The molecule has 1 aromatic carbocycles. The lowest BCUT2D eigenvalue weighted by atomic mass is 10.3. The monoisotopic (exact) mass is 384 g/mol. The van der Waals surface area contributed by atoms with E-state index in [2.05, 4.69) is 20.0 Å². The number of hydrogen-bond acceptors (Lipinski definition) is 7. The number of nitrogens with zero attached hydrogens (tertiary/aromatic N) is 2. The minimum absolute atomic E-state index is 0.0874. The SMILES string of the molecule is O=S(=O)(Nc1ccc(NCc2ccncc2)nc1)c1ccc2c(c1)OCO2. The molecule has 3 aromatic rings. The molecule has 3 heterocycles. The first-order chi connectivity index (χ1) is 13.1. The molecule has 2 aromatic heterocycles. The number of anilines is 2. The van der Waals surface area contributed by atoms with Gasteiger partial charge in [0, 0.05) is 25.0 Å². The zero-order valence-corrected chi connectivity index (χ0v) is 14.9. The van der Waals surface area contributed by atoms with Crippen LogP contribution < -0.4 is 19.5 Å². The Labute approximate surface area is 156 Å². The van der Waals surface area contributed by atoms with E-state index in [0.717, 1.165) is 5.56 Å². The van der Waals surface area contributed by atoms with Crippen LogP contribution in [0.4, 0.5) is 11.5 Å². The minimum atomic E-state index is -3.76. The van der Waals surface area contributed by atoms with Gasteiger partial charge >= 0.3 is 0 Å². The van der Waals surface area contributed by atoms with Gasteiger partial charge in [-0.15, -0.1) is 0 Å². The number of fused-ring (bicyclic) bond motifs is 1. The highest BCUT2D eigenvalue weighted by Crippen LogP contribution is 2.34. The van der Waals surface area contributed by atoms with Crippen molar-refractivity contribution in [3.8, 4) is 11.5 Å². The number of hydrogen-bond donors (Lipinski definition) is 2. The number of aromatic nitrogens is 2. The summed E-state index contributed by atoms with van der Waals surface area (Å²) in [7, 11) is -3.76. The molecule has 0 amide bonds. The largest absolute Gasteiger partial charge is 0.454 e. The highest BCUT2D eigenvalue weighted by atomic mass is 32.2. The molecule has 0 radical (unpaired) electrons. The third-order valence-electron chi connectivity index (χ3n) is 3.89. The van der Waals surface area contributed by atoms with Crippen LogP contribution in [0.25, 0.3) is 0 Å². The van der Waals surface area contributed by atoms with Crippen LogP contribution >= 0.6 is 0 Å². The Morgan fingerprint density at radius 1 is 1.00 bits per heavy atom. The fourth-order valence-corrected chi connectivity index (χ4v) is 3.57. The number of ether oxygens (including phenoxy) is 2. The maximum absolute atomic E-state index is 12.5. The molecular formula is C18H16N4O4S. The normalized spacial score (nSPS) is 12.6. The summed E-state index contributed by atoms with van der Waals surface area (Å²) >= 11 is 0. The zero-order chi connectivity index (χ0) is 18.7. The Bertz CT molecular complexity index is 1040. The summed E-state index contributed by atoms with van der Waals surface area (Å²) in [5.41, 5.74) is 1.43. The van der Waals surface area contributed by atoms with E-state index in [1.54, 1.807) is 30.6 Å². The van der Waals surface area contributed by atoms with Crippen molar-refractivity contribution in [1.29, 1.82) is 0 Å². The lowest BCUT2D eigenvalue weighted by molar-refractivity contribution is 0.174. The average molecular weight is 384 g/mol. The maximum atomic E-state index is 12.5. The molecule has 0 atom stereocenters. The third kappa shape index (κ3) is 3.93. The van der Waals surface area contributed by atoms with Crippen LogP contribution in [-0.4, -0.2) is 25.2 Å². The number of sulfonamides is 1. The van der Waals surface area contributed by atoms with Crippen LogP contribution in [0.2, 0.25) is 0 Å². The summed E-state index contributed by atoms with van der Waals surface area (Å²) in [5.74, 6) is 1.57. The van der Waals surface area contributed by atoms with Crippen molar-refractivity contribution in [2.24, 2.45) is 0 Å². The Hall–Kier alpha value is -3.33. The molecule has 0 saturated carbocycles. The van der Waals surface area contributed by atoms with E-state index < -0.39 is 10.0 Å². The average Bonchev–Trinajstić information content (AvgIpc) is 3.16. The molecule has 0 fully saturated rings. The fraction of sp³-hybridized carbons (Fsp3) is 0.111. The van der Waals surface area contributed by atoms with Gasteiger partial charge in [-0.05, 0) is 42.0 Å². The smallest absolute Gasteiger partial charge is 0.262 e. The summed E-state index contributed by atoms with van der Waals surface area (Å²) in [6.45, 7) is 0.682. The Balaban J connectivity index is 1.43. The second-order valence-corrected chi connectivity index (χ2v) is 7.44. The lowest BCUT2D eigenvalue weighted by Gasteiger charge is -2.10. The topological polar surface area (TPSA) is 102 Å². The van der Waals surface area contributed by atoms with E-state index in [9.17, 15) is 8.42 Å². The molecule has 4 rings (SSSR count). The van der Waals surface area contributed by atoms with Crippen molar-refractivity contribution in [3.63, 3.8) is 0 Å². The molecule has 2 N–H and O–H groups in total. The maximum Gasteiger partial charge on any atom is 0.262 e. The minimum Gasteiger partial charge on any atom is -0.454 e. The molecule has 0 unspecified atom stereocenters. The summed E-state index contributed by atoms with van der Waals surface area (Å²) in [5, 5.41) is 3.16. The second kappa shape index (κ2) is 7.12. The van der Waals surface area contributed by atoms with Crippen LogP contribution in [0, 0.1) is 0 Å². The predicted octanol–water partition coefficient (Wildman–Crippen LogP) is 2.62. The van der Waals surface area contributed by atoms with E-state index in [4.69, 9.17) is 9.47 Å². The Morgan fingerprint density at radius 3 is 2.59 bits per heavy atom. The van der Waals surface area contributed by atoms with Gasteiger partial charge in [0.25, 0.3) is 10.0 Å². The van der Waals surface area contributed by atoms with Gasteiger partial charge < -0.3 is 14.8 Å². The van der Waals surface area contributed by atoms with E-state index in [0.29, 0.717) is 29.5 Å². The summed E-state index contributed by atoms with van der Waals surface area (Å²) < 4.78 is 38.0. The van der Waals surface area contributed by atoms with Crippen molar-refractivity contribution >= 4 is 21.5 Å². The van der Waals surface area contributed by atoms with Crippen molar-refractivity contribution in [3.05, 3.63) is 66.6 Å². The zero-order valence-electron chi connectivity index (χ0n) is 14.1. The van der Waals surface area contributed by atoms with E-state index in [-0.39, 0.29) is 11.7 Å². The number of nitrogens with one attached hydrogen (secondary N) is 2. The first-order valence-corrected chi connectivity index (χ1v) is 9.60. The molecular weight excluding hydrogens is 368 g/mol. The molecule has 1 aliphatic rings.